The first-order valence-electron chi connectivity index (χ1n) is 8.48. The molecule has 0 fully saturated rings. The number of carbonyl (C=O) groups excluding carboxylic acids is 1. The van der Waals surface area contributed by atoms with Crippen LogP contribution in [0.15, 0.2) is 48.5 Å². The maximum absolute atomic E-state index is 12.5. The van der Waals surface area contributed by atoms with Crippen molar-refractivity contribution in [2.24, 2.45) is 0 Å². The van der Waals surface area contributed by atoms with Crippen LogP contribution in [0.25, 0.3) is 0 Å². The van der Waals surface area contributed by atoms with E-state index in [1.165, 1.54) is 12.1 Å². The predicted molar refractivity (Wildman–Crippen MR) is 92.9 cm³/mol. The molecule has 0 unspecified atom stereocenters. The third-order valence-corrected chi connectivity index (χ3v) is 4.04. The summed E-state index contributed by atoms with van der Waals surface area (Å²) in [6.45, 7) is 0.922. The molecule has 2 amide bonds. The Morgan fingerprint density at radius 2 is 1.74 bits per heavy atom. The summed E-state index contributed by atoms with van der Waals surface area (Å²) < 4.78 is 48.8. The van der Waals surface area contributed by atoms with E-state index in [1.807, 2.05) is 18.2 Å². The lowest BCUT2D eigenvalue weighted by Crippen LogP contribution is -2.44. The largest absolute Gasteiger partial charge is 0.486 e. The molecule has 144 valence electrons. The van der Waals surface area contributed by atoms with Crippen LogP contribution in [0, 0.1) is 0 Å². The summed E-state index contributed by atoms with van der Waals surface area (Å²) in [5.74, 6) is 1.31. The number of hydrogen-bond donors (Lipinski definition) is 2. The molecule has 2 N–H and O–H groups in total. The van der Waals surface area contributed by atoms with Crippen LogP contribution >= 0.6 is 0 Å². The molecule has 1 heterocycles. The number of amides is 2. The molecule has 2 aromatic rings. The van der Waals surface area contributed by atoms with E-state index in [0.29, 0.717) is 36.6 Å². The summed E-state index contributed by atoms with van der Waals surface area (Å²) >= 11 is 0. The van der Waals surface area contributed by atoms with E-state index in [2.05, 4.69) is 10.6 Å². The summed E-state index contributed by atoms with van der Waals surface area (Å²) in [5, 5.41) is 5.36. The van der Waals surface area contributed by atoms with Gasteiger partial charge in [-0.05, 0) is 36.2 Å². The van der Waals surface area contributed by atoms with Crippen molar-refractivity contribution in [3.63, 3.8) is 0 Å². The number of fused-ring (bicyclic) bond motifs is 1. The topological polar surface area (TPSA) is 59.6 Å². The lowest BCUT2D eigenvalue weighted by Gasteiger charge is -2.26. The standard InChI is InChI=1S/C19H19F3N2O3/c20-19(21,22)14-7-5-13(6-8-14)9-10-23-18(25)24-11-15-12-26-16-3-1-2-4-17(16)27-15/h1-8,15H,9-12H2,(H2,23,24,25)/t15-/m0/s1. The van der Waals surface area contributed by atoms with Crippen molar-refractivity contribution >= 4 is 6.03 Å². The van der Waals surface area contributed by atoms with E-state index in [9.17, 15) is 18.0 Å². The molecule has 3 rings (SSSR count). The van der Waals surface area contributed by atoms with E-state index in [0.717, 1.165) is 12.1 Å². The zero-order valence-electron chi connectivity index (χ0n) is 14.4. The number of halogens is 3. The van der Waals surface area contributed by atoms with Crippen LogP contribution in [0.5, 0.6) is 11.5 Å². The van der Waals surface area contributed by atoms with Crippen LogP contribution in [0.2, 0.25) is 0 Å². The average Bonchev–Trinajstić information content (AvgIpc) is 2.66. The first-order valence-corrected chi connectivity index (χ1v) is 8.48. The summed E-state index contributed by atoms with van der Waals surface area (Å²) in [4.78, 5) is 11.8. The van der Waals surface area contributed by atoms with Gasteiger partial charge in [-0.2, -0.15) is 13.2 Å². The monoisotopic (exact) mass is 380 g/mol. The summed E-state index contributed by atoms with van der Waals surface area (Å²) in [7, 11) is 0. The first kappa shape index (κ1) is 18.9. The summed E-state index contributed by atoms with van der Waals surface area (Å²) in [5.41, 5.74) is 0.0251. The summed E-state index contributed by atoms with van der Waals surface area (Å²) in [6.07, 6.45) is -4.20. The molecule has 0 bridgehead atoms. The molecule has 0 aromatic heterocycles. The van der Waals surface area contributed by atoms with Gasteiger partial charge in [0.1, 0.15) is 6.61 Å². The quantitative estimate of drug-likeness (QED) is 0.836. The highest BCUT2D eigenvalue weighted by Gasteiger charge is 2.29. The Morgan fingerprint density at radius 1 is 1.04 bits per heavy atom. The second-order valence-corrected chi connectivity index (χ2v) is 6.08. The van der Waals surface area contributed by atoms with Crippen LogP contribution in [-0.4, -0.2) is 31.8 Å². The number of hydrogen-bond acceptors (Lipinski definition) is 3. The lowest BCUT2D eigenvalue weighted by molar-refractivity contribution is -0.137. The maximum Gasteiger partial charge on any atom is 0.416 e. The number of nitrogens with one attached hydrogen (secondary N) is 2. The van der Waals surface area contributed by atoms with Crippen LogP contribution in [0.4, 0.5) is 18.0 Å². The number of urea groups is 1. The SMILES string of the molecule is O=C(NCCc1ccc(C(F)(F)F)cc1)NC[C@H]1COc2ccccc2O1. The number of para-hydroxylation sites is 2. The van der Waals surface area contributed by atoms with Gasteiger partial charge in [-0.15, -0.1) is 0 Å². The molecule has 1 aliphatic rings. The summed E-state index contributed by atoms with van der Waals surface area (Å²) in [6, 6.07) is 11.8. The third-order valence-electron chi connectivity index (χ3n) is 4.04. The highest BCUT2D eigenvalue weighted by Crippen LogP contribution is 2.30. The minimum Gasteiger partial charge on any atom is -0.486 e. The molecular formula is C19H19F3N2O3. The van der Waals surface area contributed by atoms with Gasteiger partial charge in [0, 0.05) is 6.54 Å². The van der Waals surface area contributed by atoms with Crippen molar-refractivity contribution in [1.82, 2.24) is 10.6 Å². The van der Waals surface area contributed by atoms with Crippen molar-refractivity contribution in [2.45, 2.75) is 18.7 Å². The smallest absolute Gasteiger partial charge is 0.416 e. The van der Waals surface area contributed by atoms with E-state index in [4.69, 9.17) is 9.47 Å². The van der Waals surface area contributed by atoms with Crippen molar-refractivity contribution in [2.75, 3.05) is 19.7 Å². The Labute approximate surface area is 154 Å². The maximum atomic E-state index is 12.5. The van der Waals surface area contributed by atoms with E-state index in [1.54, 1.807) is 6.07 Å². The fourth-order valence-corrected chi connectivity index (χ4v) is 2.61. The fraction of sp³-hybridized carbons (Fsp3) is 0.316. The molecule has 2 aromatic carbocycles. The van der Waals surface area contributed by atoms with Crippen LogP contribution in [-0.2, 0) is 12.6 Å². The van der Waals surface area contributed by atoms with Gasteiger partial charge in [-0.1, -0.05) is 24.3 Å². The predicted octanol–water partition coefficient (Wildman–Crippen LogP) is 3.39. The van der Waals surface area contributed by atoms with Gasteiger partial charge in [-0.25, -0.2) is 4.79 Å². The highest BCUT2D eigenvalue weighted by molar-refractivity contribution is 5.73. The van der Waals surface area contributed by atoms with Crippen LogP contribution < -0.4 is 20.1 Å². The van der Waals surface area contributed by atoms with Gasteiger partial charge in [0.05, 0.1) is 12.1 Å². The van der Waals surface area contributed by atoms with Crippen LogP contribution in [0.3, 0.4) is 0 Å². The van der Waals surface area contributed by atoms with Crippen molar-refractivity contribution in [3.05, 3.63) is 59.7 Å². The number of carbonyl (C=O) groups is 1. The zero-order valence-corrected chi connectivity index (χ0v) is 14.4. The van der Waals surface area contributed by atoms with Crippen molar-refractivity contribution < 1.29 is 27.4 Å². The molecule has 5 nitrogen and oxygen atoms in total. The van der Waals surface area contributed by atoms with E-state index in [-0.39, 0.29) is 18.7 Å². The highest BCUT2D eigenvalue weighted by atomic mass is 19.4. The number of benzene rings is 2. The van der Waals surface area contributed by atoms with Gasteiger partial charge in [0.15, 0.2) is 17.6 Å². The second-order valence-electron chi connectivity index (χ2n) is 6.08. The van der Waals surface area contributed by atoms with Crippen molar-refractivity contribution in [1.29, 1.82) is 0 Å². The fourth-order valence-electron chi connectivity index (χ4n) is 2.61. The van der Waals surface area contributed by atoms with E-state index >= 15 is 0 Å². The van der Waals surface area contributed by atoms with Gasteiger partial charge >= 0.3 is 12.2 Å². The molecule has 1 aliphatic heterocycles. The minimum atomic E-state index is -4.35. The van der Waals surface area contributed by atoms with Crippen LogP contribution in [0.1, 0.15) is 11.1 Å². The minimum absolute atomic E-state index is 0.278. The number of alkyl halides is 3. The Hall–Kier alpha value is -2.90. The Morgan fingerprint density at radius 3 is 2.44 bits per heavy atom. The zero-order chi connectivity index (χ0) is 19.3. The Bertz CT molecular complexity index is 779. The molecule has 0 aliphatic carbocycles. The number of ether oxygens (including phenoxy) is 2. The number of rotatable bonds is 5. The van der Waals surface area contributed by atoms with Gasteiger partial charge in [-0.3, -0.25) is 0 Å². The van der Waals surface area contributed by atoms with Gasteiger partial charge in [0.2, 0.25) is 0 Å². The van der Waals surface area contributed by atoms with Gasteiger partial charge in [0.25, 0.3) is 0 Å². The second kappa shape index (κ2) is 8.20. The molecule has 8 heteroatoms. The Balaban J connectivity index is 1.37. The lowest BCUT2D eigenvalue weighted by atomic mass is 10.1. The molecule has 27 heavy (non-hydrogen) atoms. The third kappa shape index (κ3) is 5.29. The molecule has 0 saturated carbocycles. The first-order chi connectivity index (χ1) is 12.9. The van der Waals surface area contributed by atoms with Gasteiger partial charge < -0.3 is 20.1 Å². The Kier molecular flexibility index (Phi) is 5.73. The molecule has 0 spiro atoms. The van der Waals surface area contributed by atoms with Crippen molar-refractivity contribution in [3.8, 4) is 11.5 Å². The molecule has 0 radical (unpaired) electrons. The van der Waals surface area contributed by atoms with E-state index < -0.39 is 11.7 Å². The normalized spacial score (nSPS) is 15.9. The average molecular weight is 380 g/mol. The molecule has 1 atom stereocenters. The molecule has 0 saturated heterocycles. The molecular weight excluding hydrogens is 361 g/mol.